The number of thioether (sulfide) groups is 1. The van der Waals surface area contributed by atoms with Crippen molar-refractivity contribution in [3.63, 3.8) is 0 Å². The monoisotopic (exact) mass is 418 g/mol. The first-order valence-electron chi connectivity index (χ1n) is 9.58. The molecule has 0 fully saturated rings. The van der Waals surface area contributed by atoms with Gasteiger partial charge in [-0.2, -0.15) is 0 Å². The summed E-state index contributed by atoms with van der Waals surface area (Å²) in [5, 5.41) is 13.2. The number of benzene rings is 2. The Morgan fingerprint density at radius 2 is 1.93 bits per heavy atom. The third-order valence-corrected chi connectivity index (χ3v) is 5.72. The van der Waals surface area contributed by atoms with E-state index in [1.807, 2.05) is 66.9 Å². The topological polar surface area (TPSA) is 73.0 Å². The molecule has 2 aromatic carbocycles. The van der Waals surface area contributed by atoms with Gasteiger partial charge in [0.05, 0.1) is 5.75 Å². The molecule has 0 aliphatic carbocycles. The summed E-state index contributed by atoms with van der Waals surface area (Å²) in [5.74, 6) is 1.39. The van der Waals surface area contributed by atoms with Crippen LogP contribution in [0.15, 0.2) is 70.8 Å². The van der Waals surface area contributed by atoms with Crippen molar-refractivity contribution in [2.75, 3.05) is 11.1 Å². The maximum atomic E-state index is 12.5. The summed E-state index contributed by atoms with van der Waals surface area (Å²) in [6.07, 6.45) is 1.77. The predicted octanol–water partition coefficient (Wildman–Crippen LogP) is 5.22. The molecule has 0 spiro atoms. The molecule has 0 unspecified atom stereocenters. The highest BCUT2D eigenvalue weighted by molar-refractivity contribution is 7.99. The number of carbonyl (C=O) groups is 1. The van der Waals surface area contributed by atoms with Crippen LogP contribution in [0.4, 0.5) is 5.69 Å². The van der Waals surface area contributed by atoms with Crippen molar-refractivity contribution in [3.8, 4) is 11.6 Å². The minimum absolute atomic E-state index is 0.0872. The molecule has 6 nitrogen and oxygen atoms in total. The summed E-state index contributed by atoms with van der Waals surface area (Å²) in [4.78, 5) is 12.5. The smallest absolute Gasteiger partial charge is 0.234 e. The van der Waals surface area contributed by atoms with Gasteiger partial charge in [0.15, 0.2) is 10.9 Å². The third-order valence-electron chi connectivity index (χ3n) is 4.75. The van der Waals surface area contributed by atoms with Gasteiger partial charge in [-0.25, -0.2) is 0 Å². The number of carbonyl (C=O) groups excluding carboxylic acids is 1. The Morgan fingerprint density at radius 1 is 1.17 bits per heavy atom. The van der Waals surface area contributed by atoms with Gasteiger partial charge in [0.25, 0.3) is 0 Å². The van der Waals surface area contributed by atoms with E-state index in [1.165, 1.54) is 11.8 Å². The molecule has 0 aliphatic heterocycles. The van der Waals surface area contributed by atoms with Gasteiger partial charge in [-0.1, -0.05) is 54.2 Å². The van der Waals surface area contributed by atoms with Gasteiger partial charge in [0.2, 0.25) is 11.7 Å². The minimum Gasteiger partial charge on any atom is -0.453 e. The molecule has 152 valence electrons. The number of para-hydroxylation sites is 2. The summed E-state index contributed by atoms with van der Waals surface area (Å²) in [6.45, 7) is 8.31. The van der Waals surface area contributed by atoms with Crippen molar-refractivity contribution in [1.82, 2.24) is 14.8 Å². The van der Waals surface area contributed by atoms with Crippen molar-refractivity contribution < 1.29 is 9.21 Å². The van der Waals surface area contributed by atoms with Gasteiger partial charge in [0.1, 0.15) is 5.58 Å². The van der Waals surface area contributed by atoms with Crippen LogP contribution in [0.2, 0.25) is 0 Å². The number of hydrogen-bond donors (Lipinski definition) is 1. The summed E-state index contributed by atoms with van der Waals surface area (Å²) >= 11 is 1.34. The van der Waals surface area contributed by atoms with E-state index in [1.54, 1.807) is 6.08 Å². The Bertz CT molecular complexity index is 1170. The van der Waals surface area contributed by atoms with Crippen LogP contribution >= 0.6 is 11.8 Å². The van der Waals surface area contributed by atoms with Crippen LogP contribution in [0.3, 0.4) is 0 Å². The van der Waals surface area contributed by atoms with Crippen LogP contribution in [-0.2, 0) is 11.3 Å². The highest BCUT2D eigenvalue weighted by atomic mass is 32.2. The number of aryl methyl sites for hydroxylation is 2. The standard InChI is InChI=1S/C23H22N4O2S/c1-4-12-27-22(19-13-17-10-5-6-11-18(17)29-19)25-26-23(27)30-14-20(28)24-21-15(2)8-7-9-16(21)3/h4-11,13H,1,12,14H2,2-3H3,(H,24,28). The fourth-order valence-corrected chi connectivity index (χ4v) is 4.03. The summed E-state index contributed by atoms with van der Waals surface area (Å²) in [7, 11) is 0. The first-order chi connectivity index (χ1) is 14.6. The second-order valence-corrected chi connectivity index (χ2v) is 7.90. The number of aromatic nitrogens is 3. The van der Waals surface area contributed by atoms with E-state index in [4.69, 9.17) is 4.42 Å². The number of anilines is 1. The van der Waals surface area contributed by atoms with Crippen molar-refractivity contribution in [2.45, 2.75) is 25.5 Å². The van der Waals surface area contributed by atoms with E-state index in [-0.39, 0.29) is 11.7 Å². The SMILES string of the molecule is C=CCn1c(SCC(=O)Nc2c(C)cccc2C)nnc1-c1cc2ccccc2o1. The molecule has 4 rings (SSSR count). The summed E-state index contributed by atoms with van der Waals surface area (Å²) < 4.78 is 7.84. The van der Waals surface area contributed by atoms with Gasteiger partial charge in [-0.3, -0.25) is 9.36 Å². The zero-order valence-electron chi connectivity index (χ0n) is 16.9. The number of rotatable bonds is 7. The molecule has 0 atom stereocenters. The van der Waals surface area contributed by atoms with E-state index >= 15 is 0 Å². The molecular formula is C23H22N4O2S. The van der Waals surface area contributed by atoms with Crippen LogP contribution in [0.1, 0.15) is 11.1 Å². The lowest BCUT2D eigenvalue weighted by Crippen LogP contribution is -2.16. The zero-order valence-corrected chi connectivity index (χ0v) is 17.7. The lowest BCUT2D eigenvalue weighted by molar-refractivity contribution is -0.113. The Morgan fingerprint density at radius 3 is 2.67 bits per heavy atom. The maximum Gasteiger partial charge on any atom is 0.234 e. The van der Waals surface area contributed by atoms with Crippen LogP contribution in [-0.4, -0.2) is 26.4 Å². The van der Waals surface area contributed by atoms with Crippen LogP contribution in [0.25, 0.3) is 22.6 Å². The molecule has 7 heteroatoms. The second-order valence-electron chi connectivity index (χ2n) is 6.96. The van der Waals surface area contributed by atoms with E-state index in [2.05, 4.69) is 22.1 Å². The summed E-state index contributed by atoms with van der Waals surface area (Å²) in [5.41, 5.74) is 3.73. The van der Waals surface area contributed by atoms with Gasteiger partial charge in [0, 0.05) is 17.6 Å². The number of hydrogen-bond acceptors (Lipinski definition) is 5. The normalized spacial score (nSPS) is 11.0. The first kappa shape index (κ1) is 20.0. The number of amides is 1. The van der Waals surface area contributed by atoms with Crippen LogP contribution in [0.5, 0.6) is 0 Å². The molecule has 0 saturated carbocycles. The second kappa shape index (κ2) is 8.59. The van der Waals surface area contributed by atoms with Crippen LogP contribution < -0.4 is 5.32 Å². The largest absolute Gasteiger partial charge is 0.453 e. The molecule has 1 amide bonds. The fourth-order valence-electron chi connectivity index (χ4n) is 3.28. The van der Waals surface area contributed by atoms with Gasteiger partial charge in [-0.15, -0.1) is 16.8 Å². The Labute approximate surface area is 179 Å². The first-order valence-corrected chi connectivity index (χ1v) is 10.6. The number of furan rings is 1. The summed E-state index contributed by atoms with van der Waals surface area (Å²) in [6, 6.07) is 15.7. The number of fused-ring (bicyclic) bond motifs is 1. The number of nitrogens with zero attached hydrogens (tertiary/aromatic N) is 3. The molecular weight excluding hydrogens is 396 g/mol. The Balaban J connectivity index is 1.53. The lowest BCUT2D eigenvalue weighted by Gasteiger charge is -2.11. The molecule has 0 bridgehead atoms. The quantitative estimate of drug-likeness (QED) is 0.329. The average Bonchev–Trinajstić information content (AvgIpc) is 3.33. The highest BCUT2D eigenvalue weighted by Crippen LogP contribution is 2.29. The van der Waals surface area contributed by atoms with Crippen molar-refractivity contribution in [1.29, 1.82) is 0 Å². The van der Waals surface area contributed by atoms with E-state index in [0.717, 1.165) is 27.8 Å². The minimum atomic E-state index is -0.0872. The molecule has 0 saturated heterocycles. The van der Waals surface area contributed by atoms with E-state index in [0.29, 0.717) is 23.3 Å². The van der Waals surface area contributed by atoms with Crippen molar-refractivity contribution in [2.24, 2.45) is 0 Å². The molecule has 0 aliphatic rings. The van der Waals surface area contributed by atoms with E-state index < -0.39 is 0 Å². The molecule has 2 heterocycles. The lowest BCUT2D eigenvalue weighted by atomic mass is 10.1. The maximum absolute atomic E-state index is 12.5. The fraction of sp³-hybridized carbons (Fsp3) is 0.174. The Kier molecular flexibility index (Phi) is 5.72. The van der Waals surface area contributed by atoms with E-state index in [9.17, 15) is 4.79 Å². The molecule has 2 aromatic heterocycles. The predicted molar refractivity (Wildman–Crippen MR) is 121 cm³/mol. The average molecular weight is 419 g/mol. The third kappa shape index (κ3) is 4.02. The highest BCUT2D eigenvalue weighted by Gasteiger charge is 2.18. The Hall–Kier alpha value is -3.32. The molecule has 0 radical (unpaired) electrons. The van der Waals surface area contributed by atoms with Crippen molar-refractivity contribution >= 4 is 34.3 Å². The molecule has 30 heavy (non-hydrogen) atoms. The van der Waals surface area contributed by atoms with Crippen molar-refractivity contribution in [3.05, 3.63) is 72.3 Å². The molecule has 1 N–H and O–H groups in total. The number of allylic oxidation sites excluding steroid dienone is 1. The van der Waals surface area contributed by atoms with Gasteiger partial charge >= 0.3 is 0 Å². The molecule has 4 aromatic rings. The zero-order chi connectivity index (χ0) is 21.1. The van der Waals surface area contributed by atoms with Gasteiger partial charge in [-0.05, 0) is 37.1 Å². The van der Waals surface area contributed by atoms with Gasteiger partial charge < -0.3 is 9.73 Å². The number of nitrogens with one attached hydrogen (secondary N) is 1. The van der Waals surface area contributed by atoms with Crippen LogP contribution in [0, 0.1) is 13.8 Å².